The number of hydrogen-bond donors (Lipinski definition) is 1. The molecule has 0 atom stereocenters. The van der Waals surface area contributed by atoms with Crippen LogP contribution < -0.4 is 11.5 Å². The van der Waals surface area contributed by atoms with Crippen molar-refractivity contribution < 1.29 is 0 Å². The van der Waals surface area contributed by atoms with Crippen LogP contribution in [0.15, 0.2) is 18.3 Å². The summed E-state index contributed by atoms with van der Waals surface area (Å²) in [6.45, 7) is 0.409. The predicted octanol–water partition coefficient (Wildman–Crippen LogP) is 0.455. The Morgan fingerprint density at radius 1 is 1.67 bits per heavy atom. The van der Waals surface area contributed by atoms with E-state index in [1.54, 1.807) is 18.3 Å². The van der Waals surface area contributed by atoms with E-state index in [0.717, 1.165) is 5.69 Å². The lowest BCUT2D eigenvalue weighted by atomic mass is 10.3. The zero-order valence-electron chi connectivity index (χ0n) is 4.96. The minimum absolute atomic E-state index is 0.409. The summed E-state index contributed by atoms with van der Waals surface area (Å²) >= 11 is 0. The summed E-state index contributed by atoms with van der Waals surface area (Å²) < 4.78 is 0. The molecular formula is C6H8N3. The molecular weight excluding hydrogens is 114 g/mol. The SMILES string of the molecule is [NH]c1ccnc(CN)c1. The second-order valence-corrected chi connectivity index (χ2v) is 1.74. The van der Waals surface area contributed by atoms with Crippen LogP contribution in [0.25, 0.3) is 0 Å². The third kappa shape index (κ3) is 1.40. The number of hydrogen-bond acceptors (Lipinski definition) is 2. The van der Waals surface area contributed by atoms with Crippen LogP contribution in [-0.4, -0.2) is 4.98 Å². The van der Waals surface area contributed by atoms with Crippen molar-refractivity contribution in [3.05, 3.63) is 24.0 Å². The molecule has 0 fully saturated rings. The molecule has 3 nitrogen and oxygen atoms in total. The summed E-state index contributed by atoms with van der Waals surface area (Å²) in [5.74, 6) is 0. The molecule has 0 aliphatic carbocycles. The molecule has 0 unspecified atom stereocenters. The van der Waals surface area contributed by atoms with Crippen molar-refractivity contribution in [2.45, 2.75) is 6.54 Å². The van der Waals surface area contributed by atoms with Crippen LogP contribution in [0.5, 0.6) is 0 Å². The molecule has 0 saturated carbocycles. The molecule has 1 heterocycles. The Hall–Kier alpha value is -1.09. The fourth-order valence-electron chi connectivity index (χ4n) is 0.590. The average Bonchev–Trinajstić information content (AvgIpc) is 1.88. The third-order valence-corrected chi connectivity index (χ3v) is 1.03. The summed E-state index contributed by atoms with van der Waals surface area (Å²) in [5, 5.41) is 0. The van der Waals surface area contributed by atoms with Gasteiger partial charge in [-0.05, 0) is 12.1 Å². The van der Waals surface area contributed by atoms with Crippen LogP contribution in [-0.2, 0) is 6.54 Å². The van der Waals surface area contributed by atoms with Gasteiger partial charge in [0.2, 0.25) is 0 Å². The lowest BCUT2D eigenvalue weighted by molar-refractivity contribution is 0.989. The van der Waals surface area contributed by atoms with Crippen LogP contribution in [0.4, 0.5) is 5.69 Å². The molecule has 1 rings (SSSR count). The lowest BCUT2D eigenvalue weighted by Gasteiger charge is -1.93. The molecule has 47 valence electrons. The zero-order valence-corrected chi connectivity index (χ0v) is 4.96. The van der Waals surface area contributed by atoms with Gasteiger partial charge < -0.3 is 11.5 Å². The summed E-state index contributed by atoms with van der Waals surface area (Å²) in [5.41, 5.74) is 13.6. The van der Waals surface area contributed by atoms with Gasteiger partial charge in [-0.3, -0.25) is 4.98 Å². The van der Waals surface area contributed by atoms with Gasteiger partial charge in [0.1, 0.15) is 0 Å². The Bertz CT molecular complexity index is 197. The Morgan fingerprint density at radius 2 is 2.44 bits per heavy atom. The lowest BCUT2D eigenvalue weighted by Crippen LogP contribution is -1.98. The van der Waals surface area contributed by atoms with Crippen LogP contribution in [0.1, 0.15) is 5.69 Å². The van der Waals surface area contributed by atoms with Crippen LogP contribution in [0.3, 0.4) is 0 Å². The van der Waals surface area contributed by atoms with E-state index in [1.165, 1.54) is 0 Å². The second-order valence-electron chi connectivity index (χ2n) is 1.74. The first kappa shape index (κ1) is 6.04. The Balaban J connectivity index is 2.94. The molecule has 3 N–H and O–H groups in total. The topological polar surface area (TPSA) is 62.7 Å². The van der Waals surface area contributed by atoms with E-state index < -0.39 is 0 Å². The monoisotopic (exact) mass is 122 g/mol. The number of aromatic nitrogens is 1. The Labute approximate surface area is 53.7 Å². The zero-order chi connectivity index (χ0) is 6.69. The van der Waals surface area contributed by atoms with Gasteiger partial charge in [0, 0.05) is 12.7 Å². The fraction of sp³-hybridized carbons (Fsp3) is 0.167. The number of rotatable bonds is 1. The summed E-state index contributed by atoms with van der Waals surface area (Å²) in [6, 6.07) is 3.28. The van der Waals surface area contributed by atoms with Crippen LogP contribution in [0.2, 0.25) is 0 Å². The summed E-state index contributed by atoms with van der Waals surface area (Å²) in [4.78, 5) is 3.91. The maximum Gasteiger partial charge on any atom is 0.0573 e. The molecule has 0 aliphatic rings. The highest BCUT2D eigenvalue weighted by molar-refractivity contribution is 5.32. The molecule has 0 bridgehead atoms. The molecule has 0 aromatic carbocycles. The van der Waals surface area contributed by atoms with Crippen molar-refractivity contribution in [2.24, 2.45) is 5.73 Å². The van der Waals surface area contributed by atoms with Gasteiger partial charge in [-0.2, -0.15) is 0 Å². The summed E-state index contributed by atoms with van der Waals surface area (Å²) in [6.07, 6.45) is 1.59. The highest BCUT2D eigenvalue weighted by Crippen LogP contribution is 2.02. The van der Waals surface area contributed by atoms with Crippen molar-refractivity contribution in [1.29, 1.82) is 0 Å². The van der Waals surface area contributed by atoms with E-state index in [-0.39, 0.29) is 0 Å². The quantitative estimate of drug-likeness (QED) is 0.588. The summed E-state index contributed by atoms with van der Waals surface area (Å²) in [7, 11) is 0. The Morgan fingerprint density at radius 3 is 2.89 bits per heavy atom. The third-order valence-electron chi connectivity index (χ3n) is 1.03. The first-order chi connectivity index (χ1) is 4.33. The highest BCUT2D eigenvalue weighted by Gasteiger charge is 1.88. The van der Waals surface area contributed by atoms with Crippen LogP contribution in [0, 0.1) is 0 Å². The number of nitrogens with two attached hydrogens (primary N) is 1. The maximum absolute atomic E-state index is 7.14. The minimum atomic E-state index is 0.409. The van der Waals surface area contributed by atoms with E-state index in [2.05, 4.69) is 4.98 Å². The average molecular weight is 122 g/mol. The first-order valence-corrected chi connectivity index (χ1v) is 2.69. The molecule has 1 radical (unpaired) electrons. The number of nitrogens with one attached hydrogen (secondary N) is 1. The standard InChI is InChI=1S/C6H8N3/c7-4-6-3-5(8)1-2-9-6/h1-3,8H,4,7H2. The van der Waals surface area contributed by atoms with Crippen molar-refractivity contribution in [3.8, 4) is 0 Å². The normalized spacial score (nSPS) is 9.44. The van der Waals surface area contributed by atoms with Gasteiger partial charge in [0.05, 0.1) is 11.4 Å². The van der Waals surface area contributed by atoms with Gasteiger partial charge >= 0.3 is 0 Å². The van der Waals surface area contributed by atoms with Crippen molar-refractivity contribution in [1.82, 2.24) is 10.7 Å². The predicted molar refractivity (Wildman–Crippen MR) is 34.9 cm³/mol. The van der Waals surface area contributed by atoms with E-state index >= 15 is 0 Å². The molecule has 0 aliphatic heterocycles. The van der Waals surface area contributed by atoms with Crippen molar-refractivity contribution in [2.75, 3.05) is 0 Å². The van der Waals surface area contributed by atoms with Gasteiger partial charge in [-0.15, -0.1) is 0 Å². The smallest absolute Gasteiger partial charge is 0.0573 e. The Kier molecular flexibility index (Phi) is 1.65. The highest BCUT2D eigenvalue weighted by atomic mass is 14.7. The van der Waals surface area contributed by atoms with E-state index in [9.17, 15) is 0 Å². The van der Waals surface area contributed by atoms with Gasteiger partial charge in [0.15, 0.2) is 0 Å². The molecule has 0 spiro atoms. The fourth-order valence-corrected chi connectivity index (χ4v) is 0.590. The van der Waals surface area contributed by atoms with Crippen molar-refractivity contribution in [3.63, 3.8) is 0 Å². The van der Waals surface area contributed by atoms with Crippen molar-refractivity contribution >= 4 is 5.69 Å². The molecule has 1 aromatic rings. The maximum atomic E-state index is 7.14. The van der Waals surface area contributed by atoms with E-state index in [1.807, 2.05) is 0 Å². The largest absolute Gasteiger partial charge is 0.325 e. The molecule has 3 heteroatoms. The molecule has 0 saturated heterocycles. The number of pyridine rings is 1. The number of nitrogens with zero attached hydrogens (tertiary/aromatic N) is 1. The first-order valence-electron chi connectivity index (χ1n) is 2.69. The minimum Gasteiger partial charge on any atom is -0.325 e. The van der Waals surface area contributed by atoms with Gasteiger partial charge in [0.25, 0.3) is 0 Å². The van der Waals surface area contributed by atoms with E-state index in [4.69, 9.17) is 11.5 Å². The molecule has 1 aromatic heterocycles. The second kappa shape index (κ2) is 2.46. The van der Waals surface area contributed by atoms with Gasteiger partial charge in [-0.25, -0.2) is 0 Å². The van der Waals surface area contributed by atoms with Crippen LogP contribution >= 0.6 is 0 Å². The molecule has 9 heavy (non-hydrogen) atoms. The van der Waals surface area contributed by atoms with E-state index in [0.29, 0.717) is 12.2 Å². The molecule has 0 amide bonds. The van der Waals surface area contributed by atoms with Gasteiger partial charge in [-0.1, -0.05) is 0 Å².